The Morgan fingerprint density at radius 3 is 2.47 bits per heavy atom. The van der Waals surface area contributed by atoms with E-state index >= 15 is 0 Å². The first-order valence-corrected chi connectivity index (χ1v) is 5.84. The lowest BCUT2D eigenvalue weighted by molar-refractivity contribution is -0.122. The second-order valence-electron chi connectivity index (χ2n) is 4.18. The quantitative estimate of drug-likeness (QED) is 0.641. The molecule has 1 aromatic carbocycles. The largest absolute Gasteiger partial charge is 0.328 e. The van der Waals surface area contributed by atoms with Crippen molar-refractivity contribution in [2.45, 2.75) is 20.4 Å². The van der Waals surface area contributed by atoms with Crippen LogP contribution in [0.2, 0.25) is 0 Å². The third kappa shape index (κ3) is 2.36. The van der Waals surface area contributed by atoms with Gasteiger partial charge in [-0.2, -0.15) is 0 Å². The summed E-state index contributed by atoms with van der Waals surface area (Å²) in [6, 6.07) is 9.82. The van der Waals surface area contributed by atoms with Crippen LogP contribution in [-0.2, 0) is 11.3 Å². The summed E-state index contributed by atoms with van der Waals surface area (Å²) in [7, 11) is 0. The van der Waals surface area contributed by atoms with E-state index in [0.29, 0.717) is 17.4 Å². The zero-order valence-corrected chi connectivity index (χ0v) is 10.7. The van der Waals surface area contributed by atoms with E-state index in [2.05, 4.69) is 5.32 Å². The van der Waals surface area contributed by atoms with Gasteiger partial charge in [-0.15, -0.1) is 0 Å². The number of nitrogens with one attached hydrogen (secondary N) is 1. The highest BCUT2D eigenvalue weighted by molar-refractivity contribution is 7.80. The molecule has 0 aromatic heterocycles. The van der Waals surface area contributed by atoms with Crippen LogP contribution in [0.3, 0.4) is 0 Å². The maximum Gasteiger partial charge on any atom is 0.276 e. The van der Waals surface area contributed by atoms with Gasteiger partial charge in [-0.25, -0.2) is 0 Å². The molecule has 0 atom stereocenters. The zero-order chi connectivity index (χ0) is 12.4. The van der Waals surface area contributed by atoms with Crippen molar-refractivity contribution in [1.29, 1.82) is 0 Å². The van der Waals surface area contributed by atoms with Gasteiger partial charge >= 0.3 is 0 Å². The van der Waals surface area contributed by atoms with Crippen molar-refractivity contribution in [3.05, 3.63) is 47.2 Å². The van der Waals surface area contributed by atoms with Crippen LogP contribution in [0.25, 0.3) is 0 Å². The second kappa shape index (κ2) is 4.67. The molecule has 0 radical (unpaired) electrons. The summed E-state index contributed by atoms with van der Waals surface area (Å²) in [6.07, 6.45) is 0. The molecule has 1 amide bonds. The van der Waals surface area contributed by atoms with Crippen LogP contribution >= 0.6 is 12.2 Å². The molecule has 4 heteroatoms. The summed E-state index contributed by atoms with van der Waals surface area (Å²) in [5.74, 6) is -0.0427. The average Bonchev–Trinajstić information content (AvgIpc) is 2.58. The van der Waals surface area contributed by atoms with Crippen molar-refractivity contribution in [3.8, 4) is 0 Å². The third-order valence-corrected chi connectivity index (χ3v) is 2.94. The van der Waals surface area contributed by atoms with Crippen LogP contribution in [0.15, 0.2) is 41.6 Å². The Labute approximate surface area is 106 Å². The van der Waals surface area contributed by atoms with E-state index < -0.39 is 0 Å². The van der Waals surface area contributed by atoms with Gasteiger partial charge in [0.15, 0.2) is 5.11 Å². The molecule has 1 N–H and O–H groups in total. The van der Waals surface area contributed by atoms with Gasteiger partial charge in [0, 0.05) is 0 Å². The lowest BCUT2D eigenvalue weighted by Crippen LogP contribution is -2.29. The number of rotatable bonds is 2. The minimum Gasteiger partial charge on any atom is -0.328 e. The lowest BCUT2D eigenvalue weighted by atomic mass is 10.2. The summed E-state index contributed by atoms with van der Waals surface area (Å²) < 4.78 is 0. The topological polar surface area (TPSA) is 32.3 Å². The molecule has 0 aliphatic carbocycles. The molecule has 2 rings (SSSR count). The van der Waals surface area contributed by atoms with Gasteiger partial charge in [-0.1, -0.05) is 30.3 Å². The van der Waals surface area contributed by atoms with Crippen molar-refractivity contribution in [1.82, 2.24) is 10.2 Å². The number of benzene rings is 1. The molecule has 1 saturated heterocycles. The SMILES string of the molecule is CC(C)=C1NC(=S)N(Cc2ccccc2)C1=O. The first kappa shape index (κ1) is 11.8. The van der Waals surface area contributed by atoms with Crippen molar-refractivity contribution >= 4 is 23.2 Å². The Morgan fingerprint density at radius 2 is 1.94 bits per heavy atom. The number of nitrogens with zero attached hydrogens (tertiary/aromatic N) is 1. The molecule has 0 unspecified atom stereocenters. The fourth-order valence-electron chi connectivity index (χ4n) is 1.70. The van der Waals surface area contributed by atoms with Crippen molar-refractivity contribution in [3.63, 3.8) is 0 Å². The monoisotopic (exact) mass is 246 g/mol. The molecule has 1 aromatic rings. The van der Waals surface area contributed by atoms with Crippen LogP contribution in [0.5, 0.6) is 0 Å². The van der Waals surface area contributed by atoms with Gasteiger partial charge in [0.2, 0.25) is 0 Å². The van der Waals surface area contributed by atoms with E-state index in [9.17, 15) is 4.79 Å². The zero-order valence-electron chi connectivity index (χ0n) is 9.86. The highest BCUT2D eigenvalue weighted by Gasteiger charge is 2.31. The number of carbonyl (C=O) groups excluding carboxylic acids is 1. The summed E-state index contributed by atoms with van der Waals surface area (Å²) >= 11 is 5.17. The number of allylic oxidation sites excluding steroid dienone is 1. The van der Waals surface area contributed by atoms with Crippen LogP contribution < -0.4 is 5.32 Å². The maximum absolute atomic E-state index is 12.1. The van der Waals surface area contributed by atoms with E-state index in [4.69, 9.17) is 12.2 Å². The summed E-state index contributed by atoms with van der Waals surface area (Å²) in [5.41, 5.74) is 2.62. The molecule has 88 valence electrons. The smallest absolute Gasteiger partial charge is 0.276 e. The summed E-state index contributed by atoms with van der Waals surface area (Å²) in [4.78, 5) is 13.7. The lowest BCUT2D eigenvalue weighted by Gasteiger charge is -2.13. The summed E-state index contributed by atoms with van der Waals surface area (Å²) in [6.45, 7) is 4.31. The Balaban J connectivity index is 2.21. The molecule has 0 spiro atoms. The van der Waals surface area contributed by atoms with Crippen LogP contribution in [0.4, 0.5) is 0 Å². The Morgan fingerprint density at radius 1 is 1.29 bits per heavy atom. The van der Waals surface area contributed by atoms with Gasteiger partial charge in [0.25, 0.3) is 5.91 Å². The molecule has 0 bridgehead atoms. The minimum atomic E-state index is -0.0427. The molecule has 17 heavy (non-hydrogen) atoms. The Bertz CT molecular complexity index is 489. The fraction of sp³-hybridized carbons (Fsp3) is 0.231. The number of amides is 1. The maximum atomic E-state index is 12.1. The summed E-state index contributed by atoms with van der Waals surface area (Å²) in [5, 5.41) is 3.44. The number of hydrogen-bond donors (Lipinski definition) is 1. The molecule has 0 saturated carbocycles. The van der Waals surface area contributed by atoms with Gasteiger partial charge in [0.05, 0.1) is 6.54 Å². The van der Waals surface area contributed by atoms with Crippen molar-refractivity contribution in [2.24, 2.45) is 0 Å². The number of thiocarbonyl (C=S) groups is 1. The van der Waals surface area contributed by atoms with Crippen LogP contribution in [-0.4, -0.2) is 15.9 Å². The van der Waals surface area contributed by atoms with E-state index in [1.54, 1.807) is 4.90 Å². The van der Waals surface area contributed by atoms with Gasteiger partial charge in [0.1, 0.15) is 5.70 Å². The molecular weight excluding hydrogens is 232 g/mol. The standard InChI is InChI=1S/C13H14N2OS/c1-9(2)11-12(16)15(13(17)14-11)8-10-6-4-3-5-7-10/h3-7H,8H2,1-2H3,(H,14,17). The molecule has 3 nitrogen and oxygen atoms in total. The number of hydrogen-bond acceptors (Lipinski definition) is 2. The van der Waals surface area contributed by atoms with Gasteiger partial charge in [-0.05, 0) is 37.2 Å². The Kier molecular flexibility index (Phi) is 3.24. The highest BCUT2D eigenvalue weighted by atomic mass is 32.1. The van der Waals surface area contributed by atoms with Crippen LogP contribution in [0.1, 0.15) is 19.4 Å². The van der Waals surface area contributed by atoms with E-state index in [1.807, 2.05) is 44.2 Å². The van der Waals surface area contributed by atoms with E-state index in [1.165, 1.54) is 0 Å². The predicted octanol–water partition coefficient (Wildman–Crippen LogP) is 2.20. The molecule has 1 aliphatic heterocycles. The van der Waals surface area contributed by atoms with Crippen molar-refractivity contribution < 1.29 is 4.79 Å². The molecular formula is C13H14N2OS. The van der Waals surface area contributed by atoms with Gasteiger partial charge in [-0.3, -0.25) is 9.69 Å². The van der Waals surface area contributed by atoms with Gasteiger partial charge < -0.3 is 5.32 Å². The molecule has 1 fully saturated rings. The van der Waals surface area contributed by atoms with Crippen LogP contribution in [0, 0.1) is 0 Å². The third-order valence-electron chi connectivity index (χ3n) is 2.62. The van der Waals surface area contributed by atoms with E-state index in [-0.39, 0.29) is 5.91 Å². The number of carbonyl (C=O) groups is 1. The second-order valence-corrected chi connectivity index (χ2v) is 4.57. The minimum absolute atomic E-state index is 0.0427. The Hall–Kier alpha value is -1.68. The fourth-order valence-corrected chi connectivity index (χ4v) is 1.95. The average molecular weight is 246 g/mol. The first-order valence-electron chi connectivity index (χ1n) is 5.44. The molecule has 1 aliphatic rings. The predicted molar refractivity (Wildman–Crippen MR) is 71.1 cm³/mol. The highest BCUT2D eigenvalue weighted by Crippen LogP contribution is 2.16. The molecule has 1 heterocycles. The first-order chi connectivity index (χ1) is 8.09. The van der Waals surface area contributed by atoms with E-state index in [0.717, 1.165) is 11.1 Å². The normalized spacial score (nSPS) is 15.2. The van der Waals surface area contributed by atoms with Crippen molar-refractivity contribution in [2.75, 3.05) is 0 Å².